The summed E-state index contributed by atoms with van der Waals surface area (Å²) in [7, 11) is 0. The molecule has 0 aliphatic rings. The third kappa shape index (κ3) is 3.44. The van der Waals surface area contributed by atoms with Gasteiger partial charge in [-0.05, 0) is 23.6 Å². The summed E-state index contributed by atoms with van der Waals surface area (Å²) in [5, 5.41) is 1.40. The lowest BCUT2D eigenvalue weighted by molar-refractivity contribution is 0.610. The average Bonchev–Trinajstić information content (AvgIpc) is 2.25. The van der Waals surface area contributed by atoms with Gasteiger partial charge in [0.15, 0.2) is 0 Å². The lowest BCUT2D eigenvalue weighted by Crippen LogP contribution is -2.04. The van der Waals surface area contributed by atoms with Crippen LogP contribution in [-0.2, 0) is 0 Å². The molecule has 2 heteroatoms. The van der Waals surface area contributed by atoms with Crippen molar-refractivity contribution in [2.45, 2.75) is 33.1 Å². The molecule has 0 bridgehead atoms. The van der Waals surface area contributed by atoms with Crippen LogP contribution in [0.15, 0.2) is 18.2 Å². The molecule has 1 aromatic carbocycles. The fraction of sp³-hybridized carbons (Fsp3) is 0.429. The molecule has 0 fully saturated rings. The Bertz CT molecular complexity index is 412. The molecule has 0 nitrogen and oxygen atoms in total. The molecule has 1 rings (SSSR count). The van der Waals surface area contributed by atoms with Gasteiger partial charge in [-0.15, -0.1) is 5.92 Å². The van der Waals surface area contributed by atoms with Gasteiger partial charge >= 0.3 is 0 Å². The smallest absolute Gasteiger partial charge is 0.0455 e. The Balaban J connectivity index is 2.91. The van der Waals surface area contributed by atoms with Gasteiger partial charge < -0.3 is 0 Å². The normalized spacial score (nSPS) is 13.8. The Morgan fingerprint density at radius 1 is 1.25 bits per heavy atom. The Labute approximate surface area is 108 Å². The number of halogens is 2. The molecule has 0 heterocycles. The van der Waals surface area contributed by atoms with Gasteiger partial charge in [0.25, 0.3) is 0 Å². The van der Waals surface area contributed by atoms with Crippen molar-refractivity contribution in [3.8, 4) is 11.8 Å². The first-order valence-electron chi connectivity index (χ1n) is 5.49. The van der Waals surface area contributed by atoms with Crippen LogP contribution >= 0.6 is 23.2 Å². The molecule has 0 aromatic heterocycles. The Morgan fingerprint density at radius 3 is 2.50 bits per heavy atom. The van der Waals surface area contributed by atoms with Gasteiger partial charge in [-0.2, -0.15) is 0 Å². The average molecular weight is 255 g/mol. The number of benzene rings is 1. The highest BCUT2D eigenvalue weighted by atomic mass is 35.5. The van der Waals surface area contributed by atoms with Gasteiger partial charge in [-0.25, -0.2) is 0 Å². The standard InChI is InChI=1S/C14H16Cl2/c1-4-5-6-10(2)11(3)13-8-7-12(15)9-14(13)16/h7-11H,4H2,1-3H3. The quantitative estimate of drug-likeness (QED) is 0.641. The van der Waals surface area contributed by atoms with Crippen LogP contribution < -0.4 is 0 Å². The largest absolute Gasteiger partial charge is 0.103 e. The van der Waals surface area contributed by atoms with Crippen LogP contribution in [0.5, 0.6) is 0 Å². The van der Waals surface area contributed by atoms with E-state index in [1.165, 1.54) is 0 Å². The predicted molar refractivity (Wildman–Crippen MR) is 72.1 cm³/mol. The molecule has 0 radical (unpaired) electrons. The maximum absolute atomic E-state index is 6.17. The molecule has 1 aromatic rings. The van der Waals surface area contributed by atoms with Crippen LogP contribution in [0.2, 0.25) is 10.0 Å². The van der Waals surface area contributed by atoms with E-state index < -0.39 is 0 Å². The Hall–Kier alpha value is -0.640. The van der Waals surface area contributed by atoms with Gasteiger partial charge in [0.1, 0.15) is 0 Å². The van der Waals surface area contributed by atoms with Crippen molar-refractivity contribution in [1.82, 2.24) is 0 Å². The summed E-state index contributed by atoms with van der Waals surface area (Å²) in [5.74, 6) is 6.97. The topological polar surface area (TPSA) is 0 Å². The van der Waals surface area contributed by atoms with Gasteiger partial charge in [0, 0.05) is 22.4 Å². The second-order valence-electron chi connectivity index (χ2n) is 3.92. The molecule has 0 amide bonds. The van der Waals surface area contributed by atoms with Gasteiger partial charge in [0.2, 0.25) is 0 Å². The molecule has 2 unspecified atom stereocenters. The lowest BCUT2D eigenvalue weighted by atomic mass is 9.89. The Morgan fingerprint density at radius 2 is 1.94 bits per heavy atom. The zero-order chi connectivity index (χ0) is 12.1. The minimum atomic E-state index is 0.304. The first-order valence-corrected chi connectivity index (χ1v) is 6.25. The van der Waals surface area contributed by atoms with Crippen LogP contribution in [0.4, 0.5) is 0 Å². The van der Waals surface area contributed by atoms with E-state index in [2.05, 4.69) is 32.6 Å². The van der Waals surface area contributed by atoms with Crippen LogP contribution in [0, 0.1) is 17.8 Å². The number of rotatable bonds is 2. The molecular weight excluding hydrogens is 239 g/mol. The zero-order valence-electron chi connectivity index (χ0n) is 9.85. The number of hydrogen-bond acceptors (Lipinski definition) is 0. The molecule has 0 aliphatic heterocycles. The zero-order valence-corrected chi connectivity index (χ0v) is 11.4. The first-order chi connectivity index (χ1) is 7.56. The summed E-state index contributed by atoms with van der Waals surface area (Å²) >= 11 is 12.0. The van der Waals surface area contributed by atoms with E-state index in [0.717, 1.165) is 17.0 Å². The fourth-order valence-electron chi connectivity index (χ4n) is 1.53. The van der Waals surface area contributed by atoms with Gasteiger partial charge in [0.05, 0.1) is 0 Å². The van der Waals surface area contributed by atoms with E-state index in [4.69, 9.17) is 23.2 Å². The predicted octanol–water partition coefficient (Wildman–Crippen LogP) is 5.15. The van der Waals surface area contributed by atoms with E-state index in [0.29, 0.717) is 16.9 Å². The van der Waals surface area contributed by atoms with Gasteiger partial charge in [-0.3, -0.25) is 0 Å². The van der Waals surface area contributed by atoms with Crippen molar-refractivity contribution >= 4 is 23.2 Å². The van der Waals surface area contributed by atoms with Crippen LogP contribution in [0.1, 0.15) is 38.7 Å². The van der Waals surface area contributed by atoms with Crippen molar-refractivity contribution in [1.29, 1.82) is 0 Å². The third-order valence-electron chi connectivity index (χ3n) is 2.71. The van der Waals surface area contributed by atoms with E-state index in [1.54, 1.807) is 6.07 Å². The minimum absolute atomic E-state index is 0.304. The monoisotopic (exact) mass is 254 g/mol. The van der Waals surface area contributed by atoms with Crippen LogP contribution in [0.25, 0.3) is 0 Å². The van der Waals surface area contributed by atoms with Crippen molar-refractivity contribution in [2.75, 3.05) is 0 Å². The van der Waals surface area contributed by atoms with Gasteiger partial charge in [-0.1, -0.05) is 56.0 Å². The van der Waals surface area contributed by atoms with E-state index in [1.807, 2.05) is 12.1 Å². The molecule has 0 saturated heterocycles. The third-order valence-corrected chi connectivity index (χ3v) is 3.27. The summed E-state index contributed by atoms with van der Waals surface area (Å²) in [4.78, 5) is 0. The Kier molecular flexibility index (Phi) is 5.19. The molecule has 0 N–H and O–H groups in total. The lowest BCUT2D eigenvalue weighted by Gasteiger charge is -2.17. The number of hydrogen-bond donors (Lipinski definition) is 0. The van der Waals surface area contributed by atoms with Crippen LogP contribution in [-0.4, -0.2) is 0 Å². The van der Waals surface area contributed by atoms with Crippen molar-refractivity contribution in [3.05, 3.63) is 33.8 Å². The van der Waals surface area contributed by atoms with E-state index in [9.17, 15) is 0 Å². The molecule has 0 aliphatic carbocycles. The molecular formula is C14H16Cl2. The summed E-state index contributed by atoms with van der Waals surface area (Å²) in [6, 6.07) is 5.65. The first kappa shape index (κ1) is 13.4. The highest BCUT2D eigenvalue weighted by Gasteiger charge is 2.15. The highest BCUT2D eigenvalue weighted by molar-refractivity contribution is 6.35. The summed E-state index contributed by atoms with van der Waals surface area (Å²) < 4.78 is 0. The molecule has 2 atom stereocenters. The molecule has 86 valence electrons. The summed E-state index contributed by atoms with van der Waals surface area (Å²) in [6.07, 6.45) is 0.894. The maximum Gasteiger partial charge on any atom is 0.0455 e. The second kappa shape index (κ2) is 6.18. The fourth-order valence-corrected chi connectivity index (χ4v) is 2.11. The highest BCUT2D eigenvalue weighted by Crippen LogP contribution is 2.31. The summed E-state index contributed by atoms with van der Waals surface area (Å²) in [5.41, 5.74) is 1.11. The van der Waals surface area contributed by atoms with E-state index >= 15 is 0 Å². The minimum Gasteiger partial charge on any atom is -0.103 e. The maximum atomic E-state index is 6.17. The van der Waals surface area contributed by atoms with Crippen molar-refractivity contribution < 1.29 is 0 Å². The second-order valence-corrected chi connectivity index (χ2v) is 4.76. The SMILES string of the molecule is CCC#CC(C)C(C)c1ccc(Cl)cc1Cl. The molecule has 0 spiro atoms. The van der Waals surface area contributed by atoms with Crippen molar-refractivity contribution in [2.24, 2.45) is 5.92 Å². The summed E-state index contributed by atoms with van der Waals surface area (Å²) in [6.45, 7) is 6.32. The van der Waals surface area contributed by atoms with E-state index in [-0.39, 0.29) is 0 Å². The van der Waals surface area contributed by atoms with Crippen molar-refractivity contribution in [3.63, 3.8) is 0 Å². The molecule has 16 heavy (non-hydrogen) atoms. The van der Waals surface area contributed by atoms with Crippen LogP contribution in [0.3, 0.4) is 0 Å². The molecule has 0 saturated carbocycles.